The van der Waals surface area contributed by atoms with Crippen LogP contribution in [0.2, 0.25) is 10.0 Å². The van der Waals surface area contributed by atoms with E-state index in [1.165, 1.54) is 19.3 Å². The van der Waals surface area contributed by atoms with Crippen LogP contribution in [0, 0.1) is 0 Å². The predicted molar refractivity (Wildman–Crippen MR) is 118 cm³/mol. The molecule has 0 unspecified atom stereocenters. The molecular formula is C23H25Cl2NO3. The highest BCUT2D eigenvalue weighted by atomic mass is 35.5. The maximum atomic E-state index is 12.2. The molecular weight excluding hydrogens is 409 g/mol. The van der Waals surface area contributed by atoms with E-state index in [9.17, 15) is 4.79 Å². The minimum absolute atomic E-state index is 0.0652. The van der Waals surface area contributed by atoms with E-state index >= 15 is 0 Å². The topological polar surface area (TPSA) is 47.6 Å². The first-order chi connectivity index (χ1) is 14.1. The molecule has 0 bridgehead atoms. The van der Waals surface area contributed by atoms with E-state index < -0.39 is 0 Å². The van der Waals surface area contributed by atoms with Gasteiger partial charge >= 0.3 is 0 Å². The summed E-state index contributed by atoms with van der Waals surface area (Å²) in [6, 6.07) is 11.1. The second-order valence-corrected chi connectivity index (χ2v) is 7.89. The third kappa shape index (κ3) is 6.15. The van der Waals surface area contributed by atoms with Gasteiger partial charge in [0, 0.05) is 27.7 Å². The van der Waals surface area contributed by atoms with Gasteiger partial charge in [-0.2, -0.15) is 0 Å². The second-order valence-electron chi connectivity index (χ2n) is 7.08. The van der Waals surface area contributed by atoms with E-state index in [4.69, 9.17) is 32.7 Å². The third-order valence-electron chi connectivity index (χ3n) is 5.00. The summed E-state index contributed by atoms with van der Waals surface area (Å²) in [6.45, 7) is 0.230. The number of hydrogen-bond acceptors (Lipinski definition) is 3. The van der Waals surface area contributed by atoms with Crippen molar-refractivity contribution in [2.45, 2.75) is 44.8 Å². The normalized spacial score (nSPS) is 14.7. The molecule has 1 aliphatic rings. The van der Waals surface area contributed by atoms with Crippen LogP contribution >= 0.6 is 23.2 Å². The predicted octanol–water partition coefficient (Wildman–Crippen LogP) is 6.04. The molecule has 4 nitrogen and oxygen atoms in total. The number of carbonyl (C=O) groups excluding carboxylic acids is 1. The lowest BCUT2D eigenvalue weighted by molar-refractivity contribution is -0.117. The van der Waals surface area contributed by atoms with Crippen LogP contribution in [0.3, 0.4) is 0 Å². The Hall–Kier alpha value is -2.17. The van der Waals surface area contributed by atoms with Crippen LogP contribution in [0.25, 0.3) is 6.08 Å². The standard InChI is InChI=1S/C23H25Cl2NO3/c1-28-22-14-16(11-13-23(27)26-17-6-3-2-4-7-17)10-12-21(22)29-15-18-19(24)8-5-9-20(18)25/h5,8-14,17H,2-4,6-7,15H2,1H3,(H,26,27)/b13-11+. The van der Waals surface area contributed by atoms with Gasteiger partial charge in [0.05, 0.1) is 7.11 Å². The number of nitrogens with one attached hydrogen (secondary N) is 1. The number of amides is 1. The van der Waals surface area contributed by atoms with E-state index in [-0.39, 0.29) is 12.5 Å². The minimum atomic E-state index is -0.0652. The van der Waals surface area contributed by atoms with E-state index in [1.54, 1.807) is 37.5 Å². The summed E-state index contributed by atoms with van der Waals surface area (Å²) in [4.78, 5) is 12.2. The number of ether oxygens (including phenoxy) is 2. The molecule has 0 heterocycles. The quantitative estimate of drug-likeness (QED) is 0.541. The number of halogens is 2. The number of benzene rings is 2. The Labute approximate surface area is 181 Å². The molecule has 0 saturated heterocycles. The summed E-state index contributed by atoms with van der Waals surface area (Å²) in [5, 5.41) is 4.18. The first-order valence-electron chi connectivity index (χ1n) is 9.79. The average Bonchev–Trinajstić information content (AvgIpc) is 2.73. The smallest absolute Gasteiger partial charge is 0.244 e. The van der Waals surface area contributed by atoms with E-state index in [0.29, 0.717) is 27.6 Å². The lowest BCUT2D eigenvalue weighted by Gasteiger charge is -2.21. The van der Waals surface area contributed by atoms with Crippen LogP contribution < -0.4 is 14.8 Å². The lowest BCUT2D eigenvalue weighted by Crippen LogP contribution is -2.34. The van der Waals surface area contributed by atoms with Crippen molar-refractivity contribution in [3.63, 3.8) is 0 Å². The number of hydrogen-bond donors (Lipinski definition) is 1. The molecule has 0 aromatic heterocycles. The van der Waals surface area contributed by atoms with E-state index in [0.717, 1.165) is 24.0 Å². The summed E-state index contributed by atoms with van der Waals surface area (Å²) in [5.74, 6) is 1.08. The van der Waals surface area contributed by atoms with E-state index in [1.807, 2.05) is 18.2 Å². The van der Waals surface area contributed by atoms with Crippen molar-refractivity contribution in [2.24, 2.45) is 0 Å². The van der Waals surface area contributed by atoms with Crippen molar-refractivity contribution in [2.75, 3.05) is 7.11 Å². The van der Waals surface area contributed by atoms with Crippen molar-refractivity contribution in [1.82, 2.24) is 5.32 Å². The molecule has 3 rings (SSSR count). The van der Waals surface area contributed by atoms with Crippen molar-refractivity contribution in [3.8, 4) is 11.5 Å². The third-order valence-corrected chi connectivity index (χ3v) is 5.71. The molecule has 0 atom stereocenters. The molecule has 0 aliphatic heterocycles. The van der Waals surface area contributed by atoms with Gasteiger partial charge in [0.1, 0.15) is 6.61 Å². The van der Waals surface area contributed by atoms with Crippen molar-refractivity contribution >= 4 is 35.2 Å². The fourth-order valence-electron chi connectivity index (χ4n) is 3.40. The molecule has 0 radical (unpaired) electrons. The zero-order chi connectivity index (χ0) is 20.6. The van der Waals surface area contributed by atoms with Gasteiger partial charge < -0.3 is 14.8 Å². The van der Waals surface area contributed by atoms with Gasteiger partial charge in [-0.1, -0.05) is 54.6 Å². The van der Waals surface area contributed by atoms with Crippen LogP contribution in [0.4, 0.5) is 0 Å². The summed E-state index contributed by atoms with van der Waals surface area (Å²) >= 11 is 12.4. The zero-order valence-corrected chi connectivity index (χ0v) is 17.9. The maximum Gasteiger partial charge on any atom is 0.244 e. The molecule has 2 aromatic carbocycles. The second kappa shape index (κ2) is 10.6. The van der Waals surface area contributed by atoms with Crippen molar-refractivity contribution < 1.29 is 14.3 Å². The Bertz CT molecular complexity index is 856. The molecule has 2 aromatic rings. The molecule has 1 saturated carbocycles. The summed E-state index contributed by atoms with van der Waals surface area (Å²) < 4.78 is 11.3. The first kappa shape index (κ1) is 21.5. The van der Waals surface area contributed by atoms with Gasteiger partial charge in [-0.3, -0.25) is 4.79 Å². The molecule has 1 amide bonds. The largest absolute Gasteiger partial charge is 0.493 e. The Balaban J connectivity index is 1.62. The summed E-state index contributed by atoms with van der Waals surface area (Å²) in [6.07, 6.45) is 9.10. The summed E-state index contributed by atoms with van der Waals surface area (Å²) in [7, 11) is 1.58. The lowest BCUT2D eigenvalue weighted by atomic mass is 9.95. The molecule has 6 heteroatoms. The summed E-state index contributed by atoms with van der Waals surface area (Å²) in [5.41, 5.74) is 1.57. The van der Waals surface area contributed by atoms with Gasteiger partial charge in [-0.25, -0.2) is 0 Å². The maximum absolute atomic E-state index is 12.2. The highest BCUT2D eigenvalue weighted by molar-refractivity contribution is 6.35. The van der Waals surface area contributed by atoms with Crippen molar-refractivity contribution in [3.05, 3.63) is 63.6 Å². The fourth-order valence-corrected chi connectivity index (χ4v) is 3.90. The molecule has 29 heavy (non-hydrogen) atoms. The molecule has 154 valence electrons. The first-order valence-corrected chi connectivity index (χ1v) is 10.5. The van der Waals surface area contributed by atoms with Crippen molar-refractivity contribution in [1.29, 1.82) is 0 Å². The SMILES string of the molecule is COc1cc(/C=C/C(=O)NC2CCCCC2)ccc1OCc1c(Cl)cccc1Cl. The fraction of sp³-hybridized carbons (Fsp3) is 0.348. The van der Waals surface area contributed by atoms with Gasteiger partial charge in [0.15, 0.2) is 11.5 Å². The van der Waals surface area contributed by atoms with Gasteiger partial charge in [-0.15, -0.1) is 0 Å². The number of methoxy groups -OCH3 is 1. The Morgan fingerprint density at radius 2 is 1.83 bits per heavy atom. The highest BCUT2D eigenvalue weighted by Crippen LogP contribution is 2.31. The Morgan fingerprint density at radius 3 is 2.52 bits per heavy atom. The minimum Gasteiger partial charge on any atom is -0.493 e. The Kier molecular flexibility index (Phi) is 7.84. The van der Waals surface area contributed by atoms with Crippen LogP contribution in [0.1, 0.15) is 43.2 Å². The zero-order valence-electron chi connectivity index (χ0n) is 16.4. The molecule has 1 N–H and O–H groups in total. The monoisotopic (exact) mass is 433 g/mol. The molecule has 1 aliphatic carbocycles. The average molecular weight is 434 g/mol. The molecule has 1 fully saturated rings. The van der Waals surface area contributed by atoms with Gasteiger partial charge in [0.2, 0.25) is 5.91 Å². The Morgan fingerprint density at radius 1 is 1.10 bits per heavy atom. The van der Waals surface area contributed by atoms with Gasteiger partial charge in [0.25, 0.3) is 0 Å². The van der Waals surface area contributed by atoms with Crippen LogP contribution in [0.15, 0.2) is 42.5 Å². The number of rotatable bonds is 7. The molecule has 0 spiro atoms. The highest BCUT2D eigenvalue weighted by Gasteiger charge is 2.14. The van der Waals surface area contributed by atoms with Gasteiger partial charge in [-0.05, 0) is 48.7 Å². The van der Waals surface area contributed by atoms with Crippen LogP contribution in [0.5, 0.6) is 11.5 Å². The van der Waals surface area contributed by atoms with E-state index in [2.05, 4.69) is 5.32 Å². The van der Waals surface area contributed by atoms with Crippen LogP contribution in [-0.2, 0) is 11.4 Å². The van der Waals surface area contributed by atoms with Crippen LogP contribution in [-0.4, -0.2) is 19.1 Å². The number of carbonyl (C=O) groups is 1.